The first-order chi connectivity index (χ1) is 8.97. The highest BCUT2D eigenvalue weighted by Crippen LogP contribution is 2.24. The minimum atomic E-state index is -3.46. The van der Waals surface area contributed by atoms with Crippen LogP contribution in [0.25, 0.3) is 0 Å². The largest absolute Gasteiger partial charge is 0.355 e. The zero-order chi connectivity index (χ0) is 13.9. The first-order valence-corrected chi connectivity index (χ1v) is 8.45. The van der Waals surface area contributed by atoms with Crippen molar-refractivity contribution in [3.8, 4) is 0 Å². The quantitative estimate of drug-likeness (QED) is 0.694. The van der Waals surface area contributed by atoms with Gasteiger partial charge in [0.1, 0.15) is 4.21 Å². The lowest BCUT2D eigenvalue weighted by Crippen LogP contribution is -2.41. The molecule has 19 heavy (non-hydrogen) atoms. The fourth-order valence-electron chi connectivity index (χ4n) is 1.54. The smallest absolute Gasteiger partial charge is 0.250 e. The third-order valence-electron chi connectivity index (χ3n) is 2.43. The molecule has 0 bridgehead atoms. The van der Waals surface area contributed by atoms with Crippen molar-refractivity contribution >= 4 is 38.9 Å². The van der Waals surface area contributed by atoms with Crippen LogP contribution in [-0.2, 0) is 10.0 Å². The van der Waals surface area contributed by atoms with Crippen molar-refractivity contribution in [3.63, 3.8) is 0 Å². The van der Waals surface area contributed by atoms with Gasteiger partial charge in [-0.25, -0.2) is 13.1 Å². The van der Waals surface area contributed by atoms with Crippen LogP contribution in [0.4, 0.5) is 0 Å². The maximum absolute atomic E-state index is 11.9. The molecule has 9 heteroatoms. The van der Waals surface area contributed by atoms with Crippen molar-refractivity contribution in [2.24, 2.45) is 4.99 Å². The molecule has 1 aliphatic rings. The molecule has 0 saturated heterocycles. The molecule has 2 rings (SSSR count). The summed E-state index contributed by atoms with van der Waals surface area (Å²) in [5.41, 5.74) is 0. The highest BCUT2D eigenvalue weighted by Gasteiger charge is 2.16. The van der Waals surface area contributed by atoms with Crippen molar-refractivity contribution in [1.29, 1.82) is 0 Å². The van der Waals surface area contributed by atoms with Gasteiger partial charge in [0.25, 0.3) is 0 Å². The number of hydrogen-bond acceptors (Lipinski definition) is 6. The molecule has 1 aliphatic heterocycles. The van der Waals surface area contributed by atoms with E-state index >= 15 is 0 Å². The number of aliphatic imine (C=N–C) groups is 1. The molecule has 0 aliphatic carbocycles. The van der Waals surface area contributed by atoms with Gasteiger partial charge in [0.05, 0.1) is 10.9 Å². The molecule has 0 spiro atoms. The maximum Gasteiger partial charge on any atom is 0.250 e. The number of halogens is 1. The summed E-state index contributed by atoms with van der Waals surface area (Å²) in [6, 6.07) is 3.39. The highest BCUT2D eigenvalue weighted by molar-refractivity contribution is 7.91. The molecule has 0 radical (unpaired) electrons. The van der Waals surface area contributed by atoms with E-state index in [1.54, 1.807) is 6.07 Å². The summed E-state index contributed by atoms with van der Waals surface area (Å²) in [6.45, 7) is 3.52. The van der Waals surface area contributed by atoms with Crippen LogP contribution < -0.4 is 15.4 Å². The second kappa shape index (κ2) is 6.08. The molecule has 0 saturated carbocycles. The Morgan fingerprint density at radius 3 is 2.89 bits per heavy atom. The minimum absolute atomic E-state index is 0.224. The van der Waals surface area contributed by atoms with Gasteiger partial charge in [-0.15, -0.1) is 11.3 Å². The van der Waals surface area contributed by atoms with Crippen LogP contribution >= 0.6 is 22.9 Å². The first-order valence-electron chi connectivity index (χ1n) is 5.77. The molecule has 0 aromatic carbocycles. The van der Waals surface area contributed by atoms with Crippen LogP contribution in [-0.4, -0.2) is 40.1 Å². The topological polar surface area (TPSA) is 82.6 Å². The summed E-state index contributed by atoms with van der Waals surface area (Å²) in [5, 5.41) is 6.16. The predicted octanol–water partition coefficient (Wildman–Crippen LogP) is 0.617. The Morgan fingerprint density at radius 2 is 2.32 bits per heavy atom. The average Bonchev–Trinajstić information content (AvgIpc) is 2.94. The van der Waals surface area contributed by atoms with Crippen LogP contribution in [0.15, 0.2) is 21.3 Å². The molecule has 3 N–H and O–H groups in total. The van der Waals surface area contributed by atoms with Gasteiger partial charge in [-0.1, -0.05) is 11.6 Å². The molecule has 2 heterocycles. The van der Waals surface area contributed by atoms with Gasteiger partial charge in [0.2, 0.25) is 10.0 Å². The number of rotatable bonds is 5. The molecular weight excluding hydrogens is 308 g/mol. The van der Waals surface area contributed by atoms with Gasteiger partial charge in [-0.3, -0.25) is 4.99 Å². The van der Waals surface area contributed by atoms with Crippen molar-refractivity contribution in [1.82, 2.24) is 15.4 Å². The summed E-state index contributed by atoms with van der Waals surface area (Å²) in [6.07, 6.45) is 0. The molecule has 106 valence electrons. The van der Waals surface area contributed by atoms with E-state index in [4.69, 9.17) is 11.6 Å². The number of hydrogen-bond donors (Lipinski definition) is 3. The van der Waals surface area contributed by atoms with E-state index in [0.717, 1.165) is 17.9 Å². The van der Waals surface area contributed by atoms with E-state index in [1.165, 1.54) is 6.07 Å². The van der Waals surface area contributed by atoms with E-state index in [2.05, 4.69) is 20.3 Å². The SMILES string of the molecule is CC1CN=C(NCCNS(=O)(=O)c2ccc(Cl)s2)N1. The van der Waals surface area contributed by atoms with E-state index in [1.807, 2.05) is 6.92 Å². The monoisotopic (exact) mass is 322 g/mol. The number of nitrogens with zero attached hydrogens (tertiary/aromatic N) is 1. The second-order valence-corrected chi connectivity index (χ2v) is 7.83. The van der Waals surface area contributed by atoms with E-state index in [0.29, 0.717) is 22.9 Å². The Kier molecular flexibility index (Phi) is 4.67. The van der Waals surface area contributed by atoms with Crippen LogP contribution in [0, 0.1) is 0 Å². The number of thiophene rings is 1. The van der Waals surface area contributed by atoms with Gasteiger partial charge in [0.15, 0.2) is 5.96 Å². The summed E-state index contributed by atoms with van der Waals surface area (Å²) in [4.78, 5) is 4.21. The standard InChI is InChI=1S/C10H15ClN4O2S2/c1-7-6-13-10(15-7)12-4-5-14-19(16,17)9-3-2-8(11)18-9/h2-3,7,14H,4-6H2,1H3,(H2,12,13,15). The molecule has 1 aromatic heterocycles. The Morgan fingerprint density at radius 1 is 1.53 bits per heavy atom. The van der Waals surface area contributed by atoms with Gasteiger partial charge in [-0.2, -0.15) is 0 Å². The summed E-state index contributed by atoms with van der Waals surface area (Å²) in [7, 11) is -3.46. The number of nitrogens with one attached hydrogen (secondary N) is 3. The molecule has 6 nitrogen and oxygen atoms in total. The lowest BCUT2D eigenvalue weighted by atomic mass is 10.4. The zero-order valence-electron chi connectivity index (χ0n) is 10.3. The molecule has 1 unspecified atom stereocenters. The van der Waals surface area contributed by atoms with Crippen LogP contribution in [0.5, 0.6) is 0 Å². The maximum atomic E-state index is 11.9. The Hall–Kier alpha value is -0.830. The Balaban J connectivity index is 1.76. The number of guanidine groups is 1. The third kappa shape index (κ3) is 4.07. The summed E-state index contributed by atoms with van der Waals surface area (Å²) in [5.74, 6) is 0.714. The molecule has 0 fully saturated rings. The third-order valence-corrected chi connectivity index (χ3v) is 5.61. The fraction of sp³-hybridized carbons (Fsp3) is 0.500. The summed E-state index contributed by atoms with van der Waals surface area (Å²) < 4.78 is 26.9. The lowest BCUT2D eigenvalue weighted by molar-refractivity contribution is 0.582. The van der Waals surface area contributed by atoms with Crippen molar-refractivity contribution < 1.29 is 8.42 Å². The van der Waals surface area contributed by atoms with Crippen LogP contribution in [0.1, 0.15) is 6.92 Å². The predicted molar refractivity (Wildman–Crippen MR) is 77.4 cm³/mol. The van der Waals surface area contributed by atoms with Gasteiger partial charge >= 0.3 is 0 Å². The van der Waals surface area contributed by atoms with Gasteiger partial charge in [0, 0.05) is 19.1 Å². The molecule has 1 atom stereocenters. The van der Waals surface area contributed by atoms with E-state index in [9.17, 15) is 8.42 Å². The van der Waals surface area contributed by atoms with Crippen molar-refractivity contribution in [2.75, 3.05) is 19.6 Å². The van der Waals surface area contributed by atoms with Crippen LogP contribution in [0.3, 0.4) is 0 Å². The average molecular weight is 323 g/mol. The van der Waals surface area contributed by atoms with E-state index in [-0.39, 0.29) is 10.8 Å². The fourth-order valence-corrected chi connectivity index (χ4v) is 4.10. The highest BCUT2D eigenvalue weighted by atomic mass is 35.5. The van der Waals surface area contributed by atoms with E-state index < -0.39 is 10.0 Å². The lowest BCUT2D eigenvalue weighted by Gasteiger charge is -2.09. The molecule has 0 amide bonds. The normalized spacial score (nSPS) is 19.1. The van der Waals surface area contributed by atoms with Gasteiger partial charge in [-0.05, 0) is 19.1 Å². The molecule has 1 aromatic rings. The Labute approximate surface area is 121 Å². The van der Waals surface area contributed by atoms with Crippen molar-refractivity contribution in [2.45, 2.75) is 17.2 Å². The molecular formula is C10H15ClN4O2S2. The number of sulfonamides is 1. The minimum Gasteiger partial charge on any atom is -0.355 e. The van der Waals surface area contributed by atoms with Crippen molar-refractivity contribution in [3.05, 3.63) is 16.5 Å². The van der Waals surface area contributed by atoms with Gasteiger partial charge < -0.3 is 10.6 Å². The van der Waals surface area contributed by atoms with Crippen LogP contribution in [0.2, 0.25) is 4.34 Å². The second-order valence-electron chi connectivity index (χ2n) is 4.12. The zero-order valence-corrected chi connectivity index (χ0v) is 12.7. The summed E-state index contributed by atoms with van der Waals surface area (Å²) >= 11 is 6.75. The Bertz CT molecular complexity index is 570. The first kappa shape index (κ1) is 14.6.